The Labute approximate surface area is 185 Å². The zero-order valence-electron chi connectivity index (χ0n) is 18.0. The molecule has 0 amide bonds. The van der Waals surface area contributed by atoms with Crippen LogP contribution in [0, 0.1) is 0 Å². The number of methoxy groups -OCH3 is 1. The van der Waals surface area contributed by atoms with Gasteiger partial charge in [0.1, 0.15) is 23.1 Å². The van der Waals surface area contributed by atoms with Gasteiger partial charge in [0.25, 0.3) is 0 Å². The van der Waals surface area contributed by atoms with E-state index in [1.54, 1.807) is 12.0 Å². The van der Waals surface area contributed by atoms with E-state index in [4.69, 9.17) is 19.2 Å². The number of ether oxygens (including phenoxy) is 1. The molecule has 3 aromatic heterocycles. The molecule has 3 aromatic rings. The maximum Gasteiger partial charge on any atom is 0.240 e. The summed E-state index contributed by atoms with van der Waals surface area (Å²) >= 11 is 1.92. The number of aromatic nitrogens is 4. The number of hydrogen-bond donors (Lipinski definition) is 0. The molecule has 2 fully saturated rings. The van der Waals surface area contributed by atoms with Gasteiger partial charge in [0.2, 0.25) is 5.89 Å². The van der Waals surface area contributed by atoms with Gasteiger partial charge in [-0.05, 0) is 44.1 Å². The first kappa shape index (κ1) is 19.6. The minimum atomic E-state index is 0.384. The fourth-order valence-corrected chi connectivity index (χ4v) is 6.02. The number of aryl methyl sites for hydroxylation is 2. The largest absolute Gasteiger partial charge is 0.377 e. The molecule has 2 aliphatic carbocycles. The number of piperazine rings is 1. The molecule has 4 heterocycles. The number of hydrogen-bond acceptors (Lipinski definition) is 9. The summed E-state index contributed by atoms with van der Waals surface area (Å²) in [5, 5.41) is 5.32. The van der Waals surface area contributed by atoms with E-state index >= 15 is 0 Å². The van der Waals surface area contributed by atoms with Gasteiger partial charge in [-0.2, -0.15) is 4.98 Å². The van der Waals surface area contributed by atoms with Crippen LogP contribution in [0.5, 0.6) is 0 Å². The normalized spacial score (nSPS) is 19.8. The summed E-state index contributed by atoms with van der Waals surface area (Å²) in [4.78, 5) is 22.2. The van der Waals surface area contributed by atoms with E-state index in [2.05, 4.69) is 19.9 Å². The lowest BCUT2D eigenvalue weighted by molar-refractivity contribution is 0.174. The van der Waals surface area contributed by atoms with E-state index < -0.39 is 0 Å². The van der Waals surface area contributed by atoms with Crippen LogP contribution in [0.4, 0.5) is 5.82 Å². The molecule has 3 aliphatic rings. The van der Waals surface area contributed by atoms with Crippen molar-refractivity contribution in [2.24, 2.45) is 0 Å². The van der Waals surface area contributed by atoms with Gasteiger partial charge in [0.15, 0.2) is 5.82 Å². The van der Waals surface area contributed by atoms with Crippen molar-refractivity contribution in [2.45, 2.75) is 57.6 Å². The average Bonchev–Trinajstić information content (AvgIpc) is 3.45. The average molecular weight is 441 g/mol. The zero-order valence-corrected chi connectivity index (χ0v) is 18.8. The maximum absolute atomic E-state index is 5.37. The van der Waals surface area contributed by atoms with Gasteiger partial charge in [0.05, 0.1) is 11.9 Å². The molecule has 1 aliphatic heterocycles. The first-order chi connectivity index (χ1) is 15.3. The number of fused-ring (bicyclic) bond motifs is 3. The highest BCUT2D eigenvalue weighted by molar-refractivity contribution is 7.19. The van der Waals surface area contributed by atoms with E-state index in [1.807, 2.05) is 11.3 Å². The fraction of sp³-hybridized carbons (Fsp3) is 0.636. The summed E-state index contributed by atoms with van der Waals surface area (Å²) in [5.74, 6) is 4.09. The third-order valence-electron chi connectivity index (χ3n) is 6.57. The van der Waals surface area contributed by atoms with Crippen molar-refractivity contribution in [3.8, 4) is 0 Å². The molecule has 0 radical (unpaired) electrons. The van der Waals surface area contributed by atoms with E-state index in [-0.39, 0.29) is 0 Å². The summed E-state index contributed by atoms with van der Waals surface area (Å²) in [5.41, 5.74) is 1.53. The monoisotopic (exact) mass is 440 g/mol. The first-order valence-electron chi connectivity index (χ1n) is 11.4. The zero-order chi connectivity index (χ0) is 20.8. The van der Waals surface area contributed by atoms with Crippen LogP contribution in [0.25, 0.3) is 10.2 Å². The van der Waals surface area contributed by atoms with Crippen molar-refractivity contribution in [3.05, 3.63) is 28.0 Å². The van der Waals surface area contributed by atoms with Crippen LogP contribution in [-0.4, -0.2) is 58.3 Å². The lowest BCUT2D eigenvalue weighted by atomic mass is 9.97. The van der Waals surface area contributed by atoms with Crippen molar-refractivity contribution < 1.29 is 9.26 Å². The van der Waals surface area contributed by atoms with Gasteiger partial charge in [-0.15, -0.1) is 11.3 Å². The lowest BCUT2D eigenvalue weighted by Gasteiger charge is -2.35. The number of nitrogens with zero attached hydrogens (tertiary/aromatic N) is 6. The van der Waals surface area contributed by atoms with E-state index in [9.17, 15) is 0 Å². The van der Waals surface area contributed by atoms with Gasteiger partial charge in [-0.1, -0.05) is 5.16 Å². The van der Waals surface area contributed by atoms with Crippen LogP contribution in [0.15, 0.2) is 4.52 Å². The predicted molar refractivity (Wildman–Crippen MR) is 119 cm³/mol. The number of anilines is 1. The number of rotatable bonds is 6. The molecule has 1 saturated heterocycles. The molecular weight excluding hydrogens is 412 g/mol. The molecule has 8 nitrogen and oxygen atoms in total. The highest BCUT2D eigenvalue weighted by Gasteiger charge is 2.31. The molecule has 0 atom stereocenters. The Balaban J connectivity index is 1.23. The summed E-state index contributed by atoms with van der Waals surface area (Å²) < 4.78 is 10.5. The molecule has 0 unspecified atom stereocenters. The summed E-state index contributed by atoms with van der Waals surface area (Å²) in [6.45, 7) is 4.90. The summed E-state index contributed by atoms with van der Waals surface area (Å²) in [6.07, 6.45) is 7.44. The quantitative estimate of drug-likeness (QED) is 0.578. The molecule has 1 saturated carbocycles. The van der Waals surface area contributed by atoms with Crippen molar-refractivity contribution >= 4 is 27.4 Å². The fourth-order valence-electron chi connectivity index (χ4n) is 4.76. The minimum Gasteiger partial charge on any atom is -0.377 e. The Morgan fingerprint density at radius 2 is 1.90 bits per heavy atom. The van der Waals surface area contributed by atoms with Gasteiger partial charge in [0, 0.05) is 44.1 Å². The second kappa shape index (κ2) is 8.11. The van der Waals surface area contributed by atoms with E-state index in [0.29, 0.717) is 30.8 Å². The van der Waals surface area contributed by atoms with E-state index in [1.165, 1.54) is 60.1 Å². The standard InChI is InChI=1S/C22H28N6O2S/c1-29-13-17-23-18(30-26-17)12-27-8-10-28(11-9-27)21-19-15-4-2-3-5-16(15)31-22(19)25-20(24-21)14-6-7-14/h14H,2-13H2,1H3. The van der Waals surface area contributed by atoms with Gasteiger partial charge < -0.3 is 14.2 Å². The predicted octanol–water partition coefficient (Wildman–Crippen LogP) is 3.30. The van der Waals surface area contributed by atoms with Crippen LogP contribution < -0.4 is 4.90 Å². The smallest absolute Gasteiger partial charge is 0.240 e. The third kappa shape index (κ3) is 3.83. The maximum atomic E-state index is 5.37. The van der Waals surface area contributed by atoms with Crippen molar-refractivity contribution in [3.63, 3.8) is 0 Å². The van der Waals surface area contributed by atoms with Crippen molar-refractivity contribution in [1.82, 2.24) is 25.0 Å². The molecule has 0 spiro atoms. The Hall–Kier alpha value is -2.10. The molecule has 0 N–H and O–H groups in total. The lowest BCUT2D eigenvalue weighted by Crippen LogP contribution is -2.46. The van der Waals surface area contributed by atoms with Crippen molar-refractivity contribution in [2.75, 3.05) is 38.2 Å². The highest BCUT2D eigenvalue weighted by Crippen LogP contribution is 2.44. The molecule has 31 heavy (non-hydrogen) atoms. The molecule has 6 rings (SSSR count). The molecule has 0 bridgehead atoms. The Morgan fingerprint density at radius 1 is 1.06 bits per heavy atom. The van der Waals surface area contributed by atoms with Crippen LogP contribution in [-0.2, 0) is 30.7 Å². The summed E-state index contributed by atoms with van der Waals surface area (Å²) in [6, 6.07) is 0. The molecule has 9 heteroatoms. The van der Waals surface area contributed by atoms with Crippen LogP contribution in [0.2, 0.25) is 0 Å². The minimum absolute atomic E-state index is 0.384. The van der Waals surface area contributed by atoms with Gasteiger partial charge >= 0.3 is 0 Å². The topological polar surface area (TPSA) is 80.4 Å². The van der Waals surface area contributed by atoms with Crippen LogP contribution >= 0.6 is 11.3 Å². The molecule has 0 aromatic carbocycles. The Bertz CT molecular complexity index is 1080. The first-order valence-corrected chi connectivity index (χ1v) is 12.2. The Morgan fingerprint density at radius 3 is 2.71 bits per heavy atom. The second-order valence-electron chi connectivity index (χ2n) is 8.87. The third-order valence-corrected chi connectivity index (χ3v) is 7.76. The van der Waals surface area contributed by atoms with Gasteiger partial charge in [-0.25, -0.2) is 9.97 Å². The van der Waals surface area contributed by atoms with Gasteiger partial charge in [-0.3, -0.25) is 4.90 Å². The summed E-state index contributed by atoms with van der Waals surface area (Å²) in [7, 11) is 1.64. The van der Waals surface area contributed by atoms with Crippen molar-refractivity contribution in [1.29, 1.82) is 0 Å². The SMILES string of the molecule is COCc1noc(CN2CCN(c3nc(C4CC4)nc4sc5c(c34)CCCC5)CC2)n1. The highest BCUT2D eigenvalue weighted by atomic mass is 32.1. The number of thiophene rings is 1. The van der Waals surface area contributed by atoms with Crippen LogP contribution in [0.3, 0.4) is 0 Å². The van der Waals surface area contributed by atoms with Crippen LogP contribution in [0.1, 0.15) is 59.6 Å². The molecular formula is C22H28N6O2S. The van der Waals surface area contributed by atoms with E-state index in [0.717, 1.165) is 32.0 Å². The Kier molecular flexibility index (Phi) is 5.12. The molecule has 164 valence electrons. The second-order valence-corrected chi connectivity index (χ2v) is 9.95.